The van der Waals surface area contributed by atoms with Crippen molar-refractivity contribution < 1.29 is 0 Å². The van der Waals surface area contributed by atoms with E-state index in [2.05, 4.69) is 31.4 Å². The zero-order valence-corrected chi connectivity index (χ0v) is 15.7. The van der Waals surface area contributed by atoms with Gasteiger partial charge >= 0.3 is 0 Å². The van der Waals surface area contributed by atoms with Crippen molar-refractivity contribution in [1.82, 2.24) is 29.5 Å². The molecule has 0 amide bonds. The van der Waals surface area contributed by atoms with E-state index in [4.69, 9.17) is 4.98 Å². The minimum atomic E-state index is -0.0720. The lowest BCUT2D eigenvalue weighted by molar-refractivity contribution is 0.154. The first kappa shape index (κ1) is 17.1. The molecular formula is C21H22N6O. The van der Waals surface area contributed by atoms with Crippen molar-refractivity contribution in [3.8, 4) is 0 Å². The van der Waals surface area contributed by atoms with Gasteiger partial charge in [0.05, 0.1) is 16.9 Å². The minimum Gasteiger partial charge on any atom is -0.309 e. The third-order valence-electron chi connectivity index (χ3n) is 5.81. The van der Waals surface area contributed by atoms with Crippen molar-refractivity contribution in [2.75, 3.05) is 13.1 Å². The molecule has 1 aliphatic rings. The van der Waals surface area contributed by atoms with E-state index in [0.29, 0.717) is 11.3 Å². The lowest BCUT2D eigenvalue weighted by Gasteiger charge is -2.35. The largest absolute Gasteiger partial charge is 0.309 e. The second-order valence-electron chi connectivity index (χ2n) is 7.44. The lowest BCUT2D eigenvalue weighted by atomic mass is 9.95. The van der Waals surface area contributed by atoms with Crippen LogP contribution in [0.5, 0.6) is 0 Å². The number of para-hydroxylation sites is 1. The third kappa shape index (κ3) is 2.88. The van der Waals surface area contributed by atoms with Crippen LogP contribution in [0.25, 0.3) is 16.6 Å². The third-order valence-corrected chi connectivity index (χ3v) is 5.81. The summed E-state index contributed by atoms with van der Waals surface area (Å²) in [6, 6.07) is 13.5. The molecule has 3 aromatic heterocycles. The summed E-state index contributed by atoms with van der Waals surface area (Å²) >= 11 is 0. The molecule has 0 bridgehead atoms. The van der Waals surface area contributed by atoms with E-state index in [-0.39, 0.29) is 11.6 Å². The standard InChI is InChI=1S/C21H22N6O/c1-14(19-22-17-7-3-2-6-16(17)21(28)23-19)26-12-9-15(10-13-26)20-25-24-18-8-4-5-11-27(18)20/h2-8,11,14-15H,9-10,12-13H2,1H3,(H,22,23,28). The van der Waals surface area contributed by atoms with Gasteiger partial charge < -0.3 is 4.98 Å². The van der Waals surface area contributed by atoms with Crippen LogP contribution >= 0.6 is 0 Å². The van der Waals surface area contributed by atoms with Gasteiger partial charge in [0.2, 0.25) is 0 Å². The van der Waals surface area contributed by atoms with Gasteiger partial charge in [0, 0.05) is 12.1 Å². The fraction of sp³-hybridized carbons (Fsp3) is 0.333. The fourth-order valence-corrected chi connectivity index (χ4v) is 4.16. The van der Waals surface area contributed by atoms with E-state index in [9.17, 15) is 4.79 Å². The summed E-state index contributed by atoms with van der Waals surface area (Å²) in [7, 11) is 0. The molecule has 1 saturated heterocycles. The number of hydrogen-bond acceptors (Lipinski definition) is 5. The Morgan fingerprint density at radius 2 is 1.86 bits per heavy atom. The number of H-pyrrole nitrogens is 1. The normalized spacial score (nSPS) is 17.3. The molecular weight excluding hydrogens is 352 g/mol. The zero-order valence-electron chi connectivity index (χ0n) is 15.7. The predicted molar refractivity (Wildman–Crippen MR) is 107 cm³/mol. The summed E-state index contributed by atoms with van der Waals surface area (Å²) in [4.78, 5) is 22.4. The van der Waals surface area contributed by atoms with Gasteiger partial charge in [-0.15, -0.1) is 10.2 Å². The summed E-state index contributed by atoms with van der Waals surface area (Å²) in [5, 5.41) is 9.35. The van der Waals surface area contributed by atoms with Gasteiger partial charge in [0.15, 0.2) is 5.65 Å². The molecule has 0 spiro atoms. The maximum atomic E-state index is 12.4. The predicted octanol–water partition coefficient (Wildman–Crippen LogP) is 2.91. The minimum absolute atomic E-state index is 0.0633. The average Bonchev–Trinajstić information content (AvgIpc) is 3.17. The summed E-state index contributed by atoms with van der Waals surface area (Å²) < 4.78 is 2.09. The van der Waals surface area contributed by atoms with Crippen LogP contribution in [0.4, 0.5) is 0 Å². The molecule has 1 aromatic carbocycles. The van der Waals surface area contributed by atoms with Gasteiger partial charge in [-0.3, -0.25) is 14.1 Å². The number of likely N-dealkylation sites (tertiary alicyclic amines) is 1. The Morgan fingerprint density at radius 1 is 1.07 bits per heavy atom. The van der Waals surface area contributed by atoms with Gasteiger partial charge in [-0.05, 0) is 57.1 Å². The Bertz CT molecular complexity index is 1190. The van der Waals surface area contributed by atoms with Crippen molar-refractivity contribution in [2.45, 2.75) is 31.7 Å². The van der Waals surface area contributed by atoms with E-state index in [1.54, 1.807) is 0 Å². The Kier molecular flexibility index (Phi) is 4.16. The van der Waals surface area contributed by atoms with Crippen molar-refractivity contribution in [3.63, 3.8) is 0 Å². The van der Waals surface area contributed by atoms with Gasteiger partial charge in [0.1, 0.15) is 11.6 Å². The monoisotopic (exact) mass is 374 g/mol. The Labute approximate surface area is 162 Å². The number of rotatable bonds is 3. The first-order valence-electron chi connectivity index (χ1n) is 9.73. The number of pyridine rings is 1. The SMILES string of the molecule is CC(c1nc2ccccc2c(=O)[nH]1)N1CCC(c2nnc3ccccn23)CC1. The molecule has 0 aliphatic carbocycles. The van der Waals surface area contributed by atoms with Gasteiger partial charge in [0.25, 0.3) is 5.56 Å². The Morgan fingerprint density at radius 3 is 2.71 bits per heavy atom. The van der Waals surface area contributed by atoms with Crippen molar-refractivity contribution in [1.29, 1.82) is 0 Å². The lowest BCUT2D eigenvalue weighted by Crippen LogP contribution is -2.36. The van der Waals surface area contributed by atoms with Crippen LogP contribution < -0.4 is 5.56 Å². The fourth-order valence-electron chi connectivity index (χ4n) is 4.16. The molecule has 1 fully saturated rings. The molecule has 0 radical (unpaired) electrons. The topological polar surface area (TPSA) is 79.2 Å². The number of nitrogens with one attached hydrogen (secondary N) is 1. The highest BCUT2D eigenvalue weighted by atomic mass is 16.1. The molecule has 1 N–H and O–H groups in total. The second-order valence-corrected chi connectivity index (χ2v) is 7.44. The molecule has 1 aliphatic heterocycles. The first-order chi connectivity index (χ1) is 13.7. The van der Waals surface area contributed by atoms with E-state index in [1.807, 2.05) is 48.7 Å². The molecule has 142 valence electrons. The summed E-state index contributed by atoms with van der Waals surface area (Å²) in [5.41, 5.74) is 1.57. The number of aromatic amines is 1. The van der Waals surface area contributed by atoms with E-state index < -0.39 is 0 Å². The van der Waals surface area contributed by atoms with Crippen LogP contribution in [-0.2, 0) is 0 Å². The molecule has 7 heteroatoms. The number of piperidine rings is 1. The first-order valence-corrected chi connectivity index (χ1v) is 9.73. The average molecular weight is 374 g/mol. The molecule has 1 atom stereocenters. The van der Waals surface area contributed by atoms with Crippen LogP contribution in [0, 0.1) is 0 Å². The van der Waals surface area contributed by atoms with Crippen LogP contribution in [0.2, 0.25) is 0 Å². The van der Waals surface area contributed by atoms with Crippen molar-refractivity contribution in [2.24, 2.45) is 0 Å². The summed E-state index contributed by atoms with van der Waals surface area (Å²) in [6.07, 6.45) is 4.05. The van der Waals surface area contributed by atoms with E-state index >= 15 is 0 Å². The Hall–Kier alpha value is -3.06. The maximum absolute atomic E-state index is 12.4. The van der Waals surface area contributed by atoms with E-state index in [1.165, 1.54) is 0 Å². The van der Waals surface area contributed by atoms with Gasteiger partial charge in [-0.1, -0.05) is 18.2 Å². The quantitative estimate of drug-likeness (QED) is 0.596. The Balaban J connectivity index is 1.35. The highest BCUT2D eigenvalue weighted by molar-refractivity contribution is 5.77. The van der Waals surface area contributed by atoms with E-state index in [0.717, 1.165) is 48.7 Å². The maximum Gasteiger partial charge on any atom is 0.258 e. The highest BCUT2D eigenvalue weighted by Gasteiger charge is 2.28. The number of benzene rings is 1. The summed E-state index contributed by atoms with van der Waals surface area (Å²) in [6.45, 7) is 3.98. The molecule has 7 nitrogen and oxygen atoms in total. The molecule has 5 rings (SSSR count). The second kappa shape index (κ2) is 6.83. The number of hydrogen-bond donors (Lipinski definition) is 1. The smallest absolute Gasteiger partial charge is 0.258 e. The zero-order chi connectivity index (χ0) is 19.1. The van der Waals surface area contributed by atoms with Crippen molar-refractivity contribution in [3.05, 3.63) is 70.7 Å². The van der Waals surface area contributed by atoms with Crippen molar-refractivity contribution >= 4 is 16.6 Å². The number of nitrogens with zero attached hydrogens (tertiary/aromatic N) is 5. The van der Waals surface area contributed by atoms with Crippen LogP contribution in [0.3, 0.4) is 0 Å². The number of aromatic nitrogens is 5. The van der Waals surface area contributed by atoms with Crippen LogP contribution in [-0.4, -0.2) is 42.6 Å². The van der Waals surface area contributed by atoms with Crippen LogP contribution in [0.15, 0.2) is 53.5 Å². The molecule has 1 unspecified atom stereocenters. The molecule has 0 saturated carbocycles. The van der Waals surface area contributed by atoms with Gasteiger partial charge in [-0.2, -0.15) is 0 Å². The van der Waals surface area contributed by atoms with Crippen LogP contribution in [0.1, 0.15) is 43.4 Å². The summed E-state index contributed by atoms with van der Waals surface area (Å²) in [5.74, 6) is 2.17. The molecule has 28 heavy (non-hydrogen) atoms. The van der Waals surface area contributed by atoms with Gasteiger partial charge in [-0.25, -0.2) is 4.98 Å². The number of fused-ring (bicyclic) bond motifs is 2. The molecule has 4 aromatic rings. The highest BCUT2D eigenvalue weighted by Crippen LogP contribution is 2.30. The molecule has 4 heterocycles.